The van der Waals surface area contributed by atoms with Crippen LogP contribution < -0.4 is 0 Å². The highest BCUT2D eigenvalue weighted by atomic mass is 32.1. The molecule has 0 N–H and O–H groups in total. The first kappa shape index (κ1) is 8.27. The maximum atomic E-state index is 12.5. The fraction of sp³-hybridized carbons (Fsp3) is 0.125. The van der Waals surface area contributed by atoms with Gasteiger partial charge in [-0.1, -0.05) is 12.1 Å². The van der Waals surface area contributed by atoms with E-state index in [2.05, 4.69) is 12.6 Å². The van der Waals surface area contributed by atoms with Crippen molar-refractivity contribution in [1.82, 2.24) is 0 Å². The van der Waals surface area contributed by atoms with E-state index in [4.69, 9.17) is 0 Å². The van der Waals surface area contributed by atoms with Gasteiger partial charge in [-0.15, -0.1) is 12.6 Å². The lowest BCUT2D eigenvalue weighted by Gasteiger charge is -1.95. The van der Waals surface area contributed by atoms with Gasteiger partial charge < -0.3 is 0 Å². The van der Waals surface area contributed by atoms with Gasteiger partial charge in [0.1, 0.15) is 5.82 Å². The standard InChI is InChI=1S/C8H7FOS/c9-7-3-1-2-6(4-7)5-8(10)11/h1-4H,5H2,(H,10,11). The molecule has 0 atom stereocenters. The minimum atomic E-state index is -0.322. The number of carbonyl (C=O) groups excluding carboxylic acids is 1. The second-order valence-electron chi connectivity index (χ2n) is 2.20. The number of carbonyl (C=O) groups is 1. The Bertz CT molecular complexity index is 273. The molecule has 0 amide bonds. The molecule has 0 heterocycles. The molecule has 1 rings (SSSR count). The normalized spacial score (nSPS) is 9.64. The summed E-state index contributed by atoms with van der Waals surface area (Å²) in [5.41, 5.74) is 0.657. The molecule has 0 aliphatic rings. The van der Waals surface area contributed by atoms with E-state index in [0.29, 0.717) is 5.56 Å². The molecule has 0 fully saturated rings. The summed E-state index contributed by atoms with van der Waals surface area (Å²) in [6.45, 7) is 0. The molecule has 0 aromatic heterocycles. The lowest BCUT2D eigenvalue weighted by Crippen LogP contribution is -1.93. The monoisotopic (exact) mass is 170 g/mol. The Morgan fingerprint density at radius 3 is 2.82 bits per heavy atom. The zero-order valence-corrected chi connectivity index (χ0v) is 6.64. The van der Waals surface area contributed by atoms with Gasteiger partial charge in [0.25, 0.3) is 0 Å². The minimum absolute atomic E-state index is 0.181. The van der Waals surface area contributed by atoms with Gasteiger partial charge in [-0.3, -0.25) is 4.79 Å². The fourth-order valence-electron chi connectivity index (χ4n) is 0.822. The van der Waals surface area contributed by atoms with Gasteiger partial charge in [-0.05, 0) is 17.7 Å². The second kappa shape index (κ2) is 3.53. The van der Waals surface area contributed by atoms with Crippen molar-refractivity contribution in [1.29, 1.82) is 0 Å². The molecule has 0 saturated heterocycles. The average Bonchev–Trinajstić information content (AvgIpc) is 1.85. The Kier molecular flexibility index (Phi) is 2.65. The second-order valence-corrected chi connectivity index (χ2v) is 2.70. The maximum Gasteiger partial charge on any atom is 0.190 e. The molecular weight excluding hydrogens is 163 g/mol. The number of halogens is 1. The van der Waals surface area contributed by atoms with Crippen molar-refractivity contribution in [2.75, 3.05) is 0 Å². The van der Waals surface area contributed by atoms with Gasteiger partial charge in [0, 0.05) is 6.42 Å². The van der Waals surface area contributed by atoms with Crippen LogP contribution in [0.3, 0.4) is 0 Å². The van der Waals surface area contributed by atoms with Gasteiger partial charge in [0.15, 0.2) is 5.12 Å². The van der Waals surface area contributed by atoms with Gasteiger partial charge >= 0.3 is 0 Å². The van der Waals surface area contributed by atoms with Gasteiger partial charge in [0.05, 0.1) is 0 Å². The first-order chi connectivity index (χ1) is 5.18. The third-order valence-corrected chi connectivity index (χ3v) is 1.40. The Hall–Kier alpha value is -0.830. The molecule has 3 heteroatoms. The smallest absolute Gasteiger partial charge is 0.190 e. The van der Waals surface area contributed by atoms with Crippen LogP contribution in [0.25, 0.3) is 0 Å². The highest BCUT2D eigenvalue weighted by Gasteiger charge is 1.98. The Balaban J connectivity index is 2.79. The molecule has 0 aliphatic carbocycles. The molecule has 0 spiro atoms. The lowest BCUT2D eigenvalue weighted by molar-refractivity contribution is -0.110. The highest BCUT2D eigenvalue weighted by Crippen LogP contribution is 2.05. The van der Waals surface area contributed by atoms with Crippen LogP contribution in [0.2, 0.25) is 0 Å². The van der Waals surface area contributed by atoms with E-state index in [0.717, 1.165) is 0 Å². The van der Waals surface area contributed by atoms with Crippen LogP contribution in [0.1, 0.15) is 5.56 Å². The van der Waals surface area contributed by atoms with Crippen LogP contribution in [0, 0.1) is 5.82 Å². The van der Waals surface area contributed by atoms with Crippen molar-refractivity contribution >= 4 is 17.7 Å². The maximum absolute atomic E-state index is 12.5. The molecule has 0 aliphatic heterocycles. The summed E-state index contributed by atoms with van der Waals surface area (Å²) in [6, 6.07) is 5.93. The molecule has 0 unspecified atom stereocenters. The van der Waals surface area contributed by atoms with Gasteiger partial charge in [-0.2, -0.15) is 0 Å². The number of hydrogen-bond donors (Lipinski definition) is 1. The zero-order valence-electron chi connectivity index (χ0n) is 5.75. The van der Waals surface area contributed by atoms with Crippen LogP contribution in [0.15, 0.2) is 24.3 Å². The largest absolute Gasteiger partial charge is 0.287 e. The van der Waals surface area contributed by atoms with Crippen molar-refractivity contribution in [2.24, 2.45) is 0 Å². The molecule has 11 heavy (non-hydrogen) atoms. The Morgan fingerprint density at radius 2 is 2.27 bits per heavy atom. The molecule has 0 saturated carbocycles. The molecular formula is C8H7FOS. The van der Waals surface area contributed by atoms with Crippen molar-refractivity contribution in [3.8, 4) is 0 Å². The van der Waals surface area contributed by atoms with Crippen LogP contribution >= 0.6 is 12.6 Å². The van der Waals surface area contributed by atoms with Crippen LogP contribution in [-0.2, 0) is 11.2 Å². The van der Waals surface area contributed by atoms with Crippen molar-refractivity contribution in [3.05, 3.63) is 35.6 Å². The molecule has 1 aromatic carbocycles. The van der Waals surface area contributed by atoms with E-state index in [1.165, 1.54) is 12.1 Å². The number of benzene rings is 1. The number of thiol groups is 1. The van der Waals surface area contributed by atoms with Crippen LogP contribution in [-0.4, -0.2) is 5.12 Å². The SMILES string of the molecule is O=C(S)Cc1cccc(F)c1. The first-order valence-corrected chi connectivity index (χ1v) is 3.59. The van der Waals surface area contributed by atoms with Crippen LogP contribution in [0.4, 0.5) is 4.39 Å². The van der Waals surface area contributed by atoms with E-state index in [1.54, 1.807) is 12.1 Å². The van der Waals surface area contributed by atoms with Crippen molar-refractivity contribution in [3.63, 3.8) is 0 Å². The third-order valence-electron chi connectivity index (χ3n) is 1.24. The highest BCUT2D eigenvalue weighted by molar-refractivity contribution is 7.96. The topological polar surface area (TPSA) is 17.1 Å². The zero-order chi connectivity index (χ0) is 8.27. The molecule has 1 nitrogen and oxygen atoms in total. The summed E-state index contributed by atoms with van der Waals surface area (Å²) in [7, 11) is 0. The van der Waals surface area contributed by atoms with E-state index in [1.807, 2.05) is 0 Å². The van der Waals surface area contributed by atoms with Crippen molar-refractivity contribution < 1.29 is 9.18 Å². The number of rotatable bonds is 2. The lowest BCUT2D eigenvalue weighted by atomic mass is 10.2. The summed E-state index contributed by atoms with van der Waals surface area (Å²) in [4.78, 5) is 10.5. The summed E-state index contributed by atoms with van der Waals surface area (Å²) >= 11 is 3.58. The number of hydrogen-bond acceptors (Lipinski definition) is 1. The summed E-state index contributed by atoms with van der Waals surface area (Å²) in [5, 5.41) is -0.254. The van der Waals surface area contributed by atoms with E-state index >= 15 is 0 Å². The average molecular weight is 170 g/mol. The van der Waals surface area contributed by atoms with E-state index < -0.39 is 0 Å². The van der Waals surface area contributed by atoms with Gasteiger partial charge in [0.2, 0.25) is 0 Å². The van der Waals surface area contributed by atoms with Crippen LogP contribution in [0.5, 0.6) is 0 Å². The Labute approximate surface area is 69.6 Å². The fourth-order valence-corrected chi connectivity index (χ4v) is 1.00. The molecule has 58 valence electrons. The van der Waals surface area contributed by atoms with Gasteiger partial charge in [-0.25, -0.2) is 4.39 Å². The molecule has 1 aromatic rings. The molecule has 0 radical (unpaired) electrons. The van der Waals surface area contributed by atoms with Crippen molar-refractivity contribution in [2.45, 2.75) is 6.42 Å². The first-order valence-electron chi connectivity index (χ1n) is 3.15. The quantitative estimate of drug-likeness (QED) is 0.670. The predicted octanol–water partition coefficient (Wildman–Crippen LogP) is 1.82. The third kappa shape index (κ3) is 2.72. The Morgan fingerprint density at radius 1 is 1.55 bits per heavy atom. The summed E-state index contributed by atoms with van der Waals surface area (Å²) in [5.74, 6) is -0.322. The van der Waals surface area contributed by atoms with E-state index in [9.17, 15) is 9.18 Å². The predicted molar refractivity (Wildman–Crippen MR) is 44.1 cm³/mol. The minimum Gasteiger partial charge on any atom is -0.287 e. The summed E-state index contributed by atoms with van der Waals surface area (Å²) < 4.78 is 12.5. The summed E-state index contributed by atoms with van der Waals surface area (Å²) in [6.07, 6.45) is 0.181. The molecule has 0 bridgehead atoms. The van der Waals surface area contributed by atoms with E-state index in [-0.39, 0.29) is 17.4 Å².